The van der Waals surface area contributed by atoms with Crippen LogP contribution >= 0.6 is 0 Å². The van der Waals surface area contributed by atoms with Crippen LogP contribution in [0.5, 0.6) is 5.75 Å². The highest BCUT2D eigenvalue weighted by molar-refractivity contribution is 5.97. The molecular formula is C20H26N2O4. The highest BCUT2D eigenvalue weighted by Gasteiger charge is 2.42. The van der Waals surface area contributed by atoms with Gasteiger partial charge in [0.2, 0.25) is 5.91 Å². The van der Waals surface area contributed by atoms with Gasteiger partial charge in [-0.1, -0.05) is 12.1 Å². The summed E-state index contributed by atoms with van der Waals surface area (Å²) < 4.78 is 11.7. The molecule has 0 bridgehead atoms. The molecular weight excluding hydrogens is 332 g/mol. The number of nitrogens with one attached hydrogen (secondary N) is 2. The molecule has 2 fully saturated rings. The minimum Gasteiger partial charge on any atom is -0.485 e. The van der Waals surface area contributed by atoms with Crippen LogP contribution in [0.15, 0.2) is 24.3 Å². The number of hydrogen-bond donors (Lipinski definition) is 2. The van der Waals surface area contributed by atoms with Gasteiger partial charge in [0.05, 0.1) is 24.8 Å². The summed E-state index contributed by atoms with van der Waals surface area (Å²) in [5, 5.41) is 6.13. The Balaban J connectivity index is 1.38. The molecule has 1 aromatic carbocycles. The van der Waals surface area contributed by atoms with E-state index in [-0.39, 0.29) is 23.8 Å². The van der Waals surface area contributed by atoms with E-state index in [2.05, 4.69) is 10.6 Å². The number of carbonyl (C=O) groups excluding carboxylic acids is 2. The maximum Gasteiger partial charge on any atom is 0.255 e. The Kier molecular flexibility index (Phi) is 4.85. The molecule has 26 heavy (non-hydrogen) atoms. The number of amides is 2. The van der Waals surface area contributed by atoms with Crippen LogP contribution in [0, 0.1) is 5.92 Å². The number of hydrogen-bond acceptors (Lipinski definition) is 4. The fraction of sp³-hybridized carbons (Fsp3) is 0.600. The summed E-state index contributed by atoms with van der Waals surface area (Å²) >= 11 is 0. The average molecular weight is 358 g/mol. The van der Waals surface area contributed by atoms with Crippen molar-refractivity contribution in [2.24, 2.45) is 5.92 Å². The van der Waals surface area contributed by atoms with Gasteiger partial charge in [0.15, 0.2) is 0 Å². The average Bonchev–Trinajstić information content (AvgIpc) is 2.80. The van der Waals surface area contributed by atoms with E-state index < -0.39 is 5.60 Å². The molecule has 0 aromatic heterocycles. The number of carbonyl (C=O) groups is 2. The lowest BCUT2D eigenvalue weighted by atomic mass is 9.78. The summed E-state index contributed by atoms with van der Waals surface area (Å²) in [6.07, 6.45) is 5.08. The zero-order valence-electron chi connectivity index (χ0n) is 15.0. The smallest absolute Gasteiger partial charge is 0.255 e. The summed E-state index contributed by atoms with van der Waals surface area (Å²) in [6, 6.07) is 7.51. The first-order valence-corrected chi connectivity index (χ1v) is 9.60. The molecule has 1 atom stereocenters. The van der Waals surface area contributed by atoms with Crippen molar-refractivity contribution >= 4 is 11.8 Å². The molecule has 0 unspecified atom stereocenters. The Labute approximate surface area is 153 Å². The molecule has 1 spiro atoms. The lowest BCUT2D eigenvalue weighted by Gasteiger charge is -2.39. The molecule has 140 valence electrons. The first kappa shape index (κ1) is 17.3. The van der Waals surface area contributed by atoms with E-state index in [9.17, 15) is 9.59 Å². The number of rotatable bonds is 2. The fourth-order valence-corrected chi connectivity index (χ4v) is 4.21. The first-order valence-electron chi connectivity index (χ1n) is 9.60. The van der Waals surface area contributed by atoms with Gasteiger partial charge in [-0.2, -0.15) is 0 Å². The second-order valence-corrected chi connectivity index (χ2v) is 7.66. The van der Waals surface area contributed by atoms with Crippen LogP contribution in [0.2, 0.25) is 0 Å². The highest BCUT2D eigenvalue weighted by Crippen LogP contribution is 2.38. The van der Waals surface area contributed by atoms with Crippen molar-refractivity contribution < 1.29 is 19.1 Å². The van der Waals surface area contributed by atoms with E-state index in [1.165, 1.54) is 0 Å². The van der Waals surface area contributed by atoms with Crippen molar-refractivity contribution in [3.05, 3.63) is 29.8 Å². The lowest BCUT2D eigenvalue weighted by Crippen LogP contribution is -2.50. The number of fused-ring (bicyclic) bond motifs is 1. The van der Waals surface area contributed by atoms with Crippen LogP contribution in [0.4, 0.5) is 0 Å². The van der Waals surface area contributed by atoms with Crippen molar-refractivity contribution in [3.63, 3.8) is 0 Å². The highest BCUT2D eigenvalue weighted by atomic mass is 16.5. The van der Waals surface area contributed by atoms with Crippen LogP contribution in [-0.4, -0.2) is 43.2 Å². The summed E-state index contributed by atoms with van der Waals surface area (Å²) in [5.41, 5.74) is 0.175. The lowest BCUT2D eigenvalue weighted by molar-refractivity contribution is -0.129. The summed E-state index contributed by atoms with van der Waals surface area (Å²) in [7, 11) is 0. The first-order chi connectivity index (χ1) is 12.7. The predicted molar refractivity (Wildman–Crippen MR) is 96.1 cm³/mol. The summed E-state index contributed by atoms with van der Waals surface area (Å²) in [4.78, 5) is 24.8. The second-order valence-electron chi connectivity index (χ2n) is 7.66. The van der Waals surface area contributed by atoms with Crippen molar-refractivity contribution in [3.8, 4) is 5.75 Å². The van der Waals surface area contributed by atoms with E-state index in [0.29, 0.717) is 24.5 Å². The molecule has 3 aliphatic rings. The number of ether oxygens (including phenoxy) is 2. The van der Waals surface area contributed by atoms with Crippen LogP contribution in [-0.2, 0) is 9.53 Å². The van der Waals surface area contributed by atoms with Gasteiger partial charge in [-0.3, -0.25) is 9.59 Å². The molecule has 2 N–H and O–H groups in total. The molecule has 2 heterocycles. The van der Waals surface area contributed by atoms with Crippen molar-refractivity contribution in [1.29, 1.82) is 0 Å². The van der Waals surface area contributed by atoms with Crippen LogP contribution in [0.1, 0.15) is 48.9 Å². The Hall–Kier alpha value is -2.08. The third-order valence-corrected chi connectivity index (χ3v) is 5.80. The number of benzene rings is 1. The molecule has 2 aliphatic heterocycles. The molecule has 0 radical (unpaired) electrons. The largest absolute Gasteiger partial charge is 0.485 e. The molecule has 1 saturated carbocycles. The van der Waals surface area contributed by atoms with Gasteiger partial charge in [-0.25, -0.2) is 0 Å². The molecule has 2 amide bonds. The minimum absolute atomic E-state index is 0.0142. The topological polar surface area (TPSA) is 76.7 Å². The molecule has 6 nitrogen and oxygen atoms in total. The van der Waals surface area contributed by atoms with Gasteiger partial charge >= 0.3 is 0 Å². The SMILES string of the molecule is O=C1NCC2(CCC(C(=O)N[C@H]3CCCOC3)CC2)Oc2ccccc21. The quantitative estimate of drug-likeness (QED) is 0.848. The van der Waals surface area contributed by atoms with Crippen LogP contribution < -0.4 is 15.4 Å². The van der Waals surface area contributed by atoms with Gasteiger partial charge in [0.1, 0.15) is 11.4 Å². The normalized spacial score (nSPS) is 31.3. The zero-order chi connectivity index (χ0) is 18.0. The Morgan fingerprint density at radius 3 is 2.77 bits per heavy atom. The molecule has 1 aromatic rings. The van der Waals surface area contributed by atoms with Gasteiger partial charge < -0.3 is 20.1 Å². The van der Waals surface area contributed by atoms with Crippen molar-refractivity contribution in [2.45, 2.75) is 50.2 Å². The third-order valence-electron chi connectivity index (χ3n) is 5.80. The Morgan fingerprint density at radius 1 is 1.19 bits per heavy atom. The van der Waals surface area contributed by atoms with E-state index in [1.807, 2.05) is 18.2 Å². The fourth-order valence-electron chi connectivity index (χ4n) is 4.21. The molecule has 6 heteroatoms. The molecule has 4 rings (SSSR count). The number of para-hydroxylation sites is 1. The van der Waals surface area contributed by atoms with Gasteiger partial charge in [-0.15, -0.1) is 0 Å². The van der Waals surface area contributed by atoms with E-state index in [4.69, 9.17) is 9.47 Å². The Morgan fingerprint density at radius 2 is 2.00 bits per heavy atom. The third kappa shape index (κ3) is 3.56. The van der Waals surface area contributed by atoms with Gasteiger partial charge in [0, 0.05) is 12.5 Å². The maximum absolute atomic E-state index is 12.6. The van der Waals surface area contributed by atoms with E-state index in [0.717, 1.165) is 45.1 Å². The second kappa shape index (κ2) is 7.27. The van der Waals surface area contributed by atoms with Gasteiger partial charge in [0.25, 0.3) is 5.91 Å². The molecule has 1 aliphatic carbocycles. The van der Waals surface area contributed by atoms with Gasteiger partial charge in [-0.05, 0) is 50.7 Å². The van der Waals surface area contributed by atoms with Crippen LogP contribution in [0.25, 0.3) is 0 Å². The van der Waals surface area contributed by atoms with Crippen molar-refractivity contribution in [1.82, 2.24) is 10.6 Å². The van der Waals surface area contributed by atoms with Crippen LogP contribution in [0.3, 0.4) is 0 Å². The standard InChI is InChI=1S/C20H26N2O4/c23-18(22-15-4-3-11-25-12-15)14-7-9-20(10-8-14)13-21-19(24)16-5-1-2-6-17(16)26-20/h1-2,5-6,14-15H,3-4,7-13H2,(H,21,24)(H,22,23)/t14?,15-,20?/m0/s1. The molecule has 1 saturated heterocycles. The summed E-state index contributed by atoms with van der Waals surface area (Å²) in [5.74, 6) is 0.702. The van der Waals surface area contributed by atoms with Crippen molar-refractivity contribution in [2.75, 3.05) is 19.8 Å². The summed E-state index contributed by atoms with van der Waals surface area (Å²) in [6.45, 7) is 1.91. The monoisotopic (exact) mass is 358 g/mol. The maximum atomic E-state index is 12.6. The van der Waals surface area contributed by atoms with E-state index >= 15 is 0 Å². The zero-order valence-corrected chi connectivity index (χ0v) is 15.0. The van der Waals surface area contributed by atoms with E-state index in [1.54, 1.807) is 6.07 Å². The Bertz CT molecular complexity index is 676. The minimum atomic E-state index is -0.410. The predicted octanol–water partition coefficient (Wildman–Crippen LogP) is 2.03.